The zero-order chi connectivity index (χ0) is 10.6. The molecule has 0 aromatic carbocycles. The Morgan fingerprint density at radius 1 is 1.50 bits per heavy atom. The van der Waals surface area contributed by atoms with Crippen molar-refractivity contribution in [1.29, 1.82) is 0 Å². The Morgan fingerprint density at radius 2 is 2.21 bits per heavy atom. The molecule has 0 saturated heterocycles. The van der Waals surface area contributed by atoms with Gasteiger partial charge < -0.3 is 15.6 Å². The summed E-state index contributed by atoms with van der Waals surface area (Å²) in [5.41, 5.74) is 7.09. The lowest BCUT2D eigenvalue weighted by atomic mass is 9.89. The van der Waals surface area contributed by atoms with E-state index in [9.17, 15) is 0 Å². The minimum absolute atomic E-state index is 0.279. The first kappa shape index (κ1) is 11.1. The van der Waals surface area contributed by atoms with Crippen molar-refractivity contribution in [2.24, 2.45) is 11.1 Å². The van der Waals surface area contributed by atoms with Crippen LogP contribution in [0.2, 0.25) is 0 Å². The van der Waals surface area contributed by atoms with Crippen molar-refractivity contribution in [3.8, 4) is 0 Å². The molecule has 1 aromatic heterocycles. The Balaban J connectivity index is 2.52. The van der Waals surface area contributed by atoms with Crippen LogP contribution in [-0.2, 0) is 0 Å². The molecule has 14 heavy (non-hydrogen) atoms. The molecule has 3 nitrogen and oxygen atoms in total. The smallest absolute Gasteiger partial charge is 0.0541 e. The Hall–Kier alpha value is -0.960. The maximum atomic E-state index is 5.58. The molecule has 0 amide bonds. The van der Waals surface area contributed by atoms with Crippen molar-refractivity contribution in [2.45, 2.75) is 20.3 Å². The quantitative estimate of drug-likeness (QED) is 0.753. The second-order valence-corrected chi connectivity index (χ2v) is 4.63. The number of nitrogens with one attached hydrogen (secondary N) is 1. The molecule has 1 heterocycles. The van der Waals surface area contributed by atoms with Crippen LogP contribution in [0, 0.1) is 5.41 Å². The largest absolute Gasteiger partial charge is 0.373 e. The van der Waals surface area contributed by atoms with E-state index < -0.39 is 0 Å². The molecule has 0 bridgehead atoms. The number of H-pyrrole nitrogens is 1. The summed E-state index contributed by atoms with van der Waals surface area (Å²) in [5, 5.41) is 0. The van der Waals surface area contributed by atoms with Gasteiger partial charge in [0, 0.05) is 26.0 Å². The van der Waals surface area contributed by atoms with Crippen LogP contribution in [0.5, 0.6) is 0 Å². The lowest BCUT2D eigenvalue weighted by Gasteiger charge is -2.30. The molecule has 3 N–H and O–H groups in total. The second-order valence-electron chi connectivity index (χ2n) is 4.63. The van der Waals surface area contributed by atoms with E-state index in [4.69, 9.17) is 5.73 Å². The summed E-state index contributed by atoms with van der Waals surface area (Å²) in [6.07, 6.45) is 5.02. The SMILES string of the molecule is CN(CC(C)(C)CCN)c1cc[nH]c1. The van der Waals surface area contributed by atoms with Gasteiger partial charge in [0.25, 0.3) is 0 Å². The molecule has 80 valence electrons. The molecule has 0 radical (unpaired) electrons. The van der Waals surface area contributed by atoms with Crippen LogP contribution < -0.4 is 10.6 Å². The summed E-state index contributed by atoms with van der Waals surface area (Å²) in [5.74, 6) is 0. The summed E-state index contributed by atoms with van der Waals surface area (Å²) in [4.78, 5) is 5.32. The summed E-state index contributed by atoms with van der Waals surface area (Å²) in [7, 11) is 2.11. The van der Waals surface area contributed by atoms with Crippen LogP contribution in [0.15, 0.2) is 18.5 Å². The van der Waals surface area contributed by atoms with Crippen LogP contribution in [0.25, 0.3) is 0 Å². The fourth-order valence-electron chi connectivity index (χ4n) is 1.76. The highest BCUT2D eigenvalue weighted by Crippen LogP contribution is 2.23. The van der Waals surface area contributed by atoms with E-state index >= 15 is 0 Å². The monoisotopic (exact) mass is 195 g/mol. The molecule has 1 aromatic rings. The van der Waals surface area contributed by atoms with Crippen LogP contribution >= 0.6 is 0 Å². The van der Waals surface area contributed by atoms with Gasteiger partial charge in [-0.25, -0.2) is 0 Å². The van der Waals surface area contributed by atoms with Crippen molar-refractivity contribution in [3.05, 3.63) is 18.5 Å². The average Bonchev–Trinajstić information content (AvgIpc) is 2.53. The van der Waals surface area contributed by atoms with Gasteiger partial charge in [-0.3, -0.25) is 0 Å². The predicted molar refractivity (Wildman–Crippen MR) is 61.5 cm³/mol. The maximum Gasteiger partial charge on any atom is 0.0541 e. The maximum absolute atomic E-state index is 5.58. The third-order valence-corrected chi connectivity index (χ3v) is 2.51. The van der Waals surface area contributed by atoms with Crippen molar-refractivity contribution < 1.29 is 0 Å². The molecular formula is C11H21N3. The predicted octanol–water partition coefficient (Wildman–Crippen LogP) is 1.83. The normalized spacial score (nSPS) is 11.7. The molecule has 0 aliphatic rings. The number of hydrogen-bond donors (Lipinski definition) is 2. The fraction of sp³-hybridized carbons (Fsp3) is 0.636. The number of aromatic nitrogens is 1. The number of hydrogen-bond acceptors (Lipinski definition) is 2. The van der Waals surface area contributed by atoms with Gasteiger partial charge in [0.05, 0.1) is 5.69 Å². The highest BCUT2D eigenvalue weighted by Gasteiger charge is 2.19. The fourth-order valence-corrected chi connectivity index (χ4v) is 1.76. The van der Waals surface area contributed by atoms with Gasteiger partial charge in [0.15, 0.2) is 0 Å². The van der Waals surface area contributed by atoms with E-state index in [1.807, 2.05) is 12.4 Å². The van der Waals surface area contributed by atoms with Crippen molar-refractivity contribution >= 4 is 5.69 Å². The van der Waals surface area contributed by atoms with E-state index in [2.05, 4.69) is 36.8 Å². The van der Waals surface area contributed by atoms with E-state index in [0.29, 0.717) is 0 Å². The van der Waals surface area contributed by atoms with Gasteiger partial charge in [-0.05, 0) is 24.4 Å². The number of anilines is 1. The Morgan fingerprint density at radius 3 is 2.71 bits per heavy atom. The van der Waals surface area contributed by atoms with Gasteiger partial charge >= 0.3 is 0 Å². The molecule has 0 unspecified atom stereocenters. The summed E-state index contributed by atoms with van der Waals surface area (Å²) in [6, 6.07) is 2.08. The first-order valence-electron chi connectivity index (χ1n) is 5.09. The zero-order valence-corrected chi connectivity index (χ0v) is 9.38. The van der Waals surface area contributed by atoms with Gasteiger partial charge in [-0.2, -0.15) is 0 Å². The zero-order valence-electron chi connectivity index (χ0n) is 9.38. The molecule has 0 saturated carbocycles. The molecule has 0 atom stereocenters. The molecule has 3 heteroatoms. The minimum atomic E-state index is 0.279. The minimum Gasteiger partial charge on any atom is -0.373 e. The topological polar surface area (TPSA) is 45.0 Å². The second kappa shape index (κ2) is 4.51. The number of aromatic amines is 1. The van der Waals surface area contributed by atoms with Gasteiger partial charge in [0.1, 0.15) is 0 Å². The Labute approximate surface area is 86.3 Å². The molecule has 0 spiro atoms. The summed E-state index contributed by atoms with van der Waals surface area (Å²) < 4.78 is 0. The number of nitrogens with zero attached hydrogens (tertiary/aromatic N) is 1. The van der Waals surface area contributed by atoms with Gasteiger partial charge in [-0.15, -0.1) is 0 Å². The van der Waals surface area contributed by atoms with Crippen LogP contribution in [0.4, 0.5) is 5.69 Å². The highest BCUT2D eigenvalue weighted by molar-refractivity contribution is 5.43. The summed E-state index contributed by atoms with van der Waals surface area (Å²) >= 11 is 0. The van der Waals surface area contributed by atoms with Crippen LogP contribution in [0.1, 0.15) is 20.3 Å². The van der Waals surface area contributed by atoms with Crippen molar-refractivity contribution in [3.63, 3.8) is 0 Å². The van der Waals surface area contributed by atoms with Crippen molar-refractivity contribution in [1.82, 2.24) is 4.98 Å². The molecule has 0 fully saturated rings. The molecule has 1 rings (SSSR count). The van der Waals surface area contributed by atoms with E-state index in [0.717, 1.165) is 19.5 Å². The Bertz CT molecular complexity index is 252. The van der Waals surface area contributed by atoms with E-state index in [-0.39, 0.29) is 5.41 Å². The van der Waals surface area contributed by atoms with Crippen molar-refractivity contribution in [2.75, 3.05) is 25.0 Å². The number of rotatable bonds is 5. The molecule has 0 aliphatic heterocycles. The summed E-state index contributed by atoms with van der Waals surface area (Å²) in [6.45, 7) is 6.29. The van der Waals surface area contributed by atoms with Crippen LogP contribution in [-0.4, -0.2) is 25.1 Å². The first-order valence-corrected chi connectivity index (χ1v) is 5.09. The Kier molecular flexibility index (Phi) is 3.58. The van der Waals surface area contributed by atoms with E-state index in [1.165, 1.54) is 5.69 Å². The van der Waals surface area contributed by atoms with Gasteiger partial charge in [0.2, 0.25) is 0 Å². The number of nitrogens with two attached hydrogens (primary N) is 1. The molecule has 0 aliphatic carbocycles. The highest BCUT2D eigenvalue weighted by atomic mass is 15.1. The van der Waals surface area contributed by atoms with E-state index in [1.54, 1.807) is 0 Å². The standard InChI is InChI=1S/C11H21N3/c1-11(2,5-6-12)9-14(3)10-4-7-13-8-10/h4,7-8,13H,5-6,9,12H2,1-3H3. The van der Waals surface area contributed by atoms with Gasteiger partial charge in [-0.1, -0.05) is 13.8 Å². The molecular weight excluding hydrogens is 174 g/mol. The lowest BCUT2D eigenvalue weighted by Crippen LogP contribution is -2.32. The first-order chi connectivity index (χ1) is 6.55. The lowest BCUT2D eigenvalue weighted by molar-refractivity contribution is 0.348. The van der Waals surface area contributed by atoms with Crippen LogP contribution in [0.3, 0.4) is 0 Å². The third kappa shape index (κ3) is 3.07. The third-order valence-electron chi connectivity index (χ3n) is 2.51. The average molecular weight is 195 g/mol.